The normalized spacial score (nSPS) is 16.0. The first-order valence-electron chi connectivity index (χ1n) is 11.7. The molecule has 0 unspecified atom stereocenters. The maximum atomic E-state index is 12.9. The molecule has 0 aliphatic carbocycles. The van der Waals surface area contributed by atoms with Crippen molar-refractivity contribution in [2.75, 3.05) is 26.9 Å². The third-order valence-corrected chi connectivity index (χ3v) is 6.67. The first kappa shape index (κ1) is 23.6. The molecule has 3 aromatic heterocycles. The molecule has 35 heavy (non-hydrogen) atoms. The van der Waals surface area contributed by atoms with E-state index in [-0.39, 0.29) is 18.6 Å². The number of benzene rings is 1. The van der Waals surface area contributed by atoms with Crippen molar-refractivity contribution in [2.45, 2.75) is 52.2 Å². The van der Waals surface area contributed by atoms with Gasteiger partial charge in [0.25, 0.3) is 0 Å². The Bertz CT molecular complexity index is 1340. The summed E-state index contributed by atoms with van der Waals surface area (Å²) < 4.78 is 49.3. The molecule has 1 atom stereocenters. The van der Waals surface area contributed by atoms with Crippen molar-refractivity contribution in [3.63, 3.8) is 0 Å². The highest BCUT2D eigenvalue weighted by molar-refractivity contribution is 6.09. The zero-order valence-electron chi connectivity index (χ0n) is 20.2. The third kappa shape index (κ3) is 4.14. The first-order valence-corrected chi connectivity index (χ1v) is 11.7. The molecule has 5 rings (SSSR count). The number of pyridine rings is 1. The molecule has 8 nitrogen and oxygen atoms in total. The Morgan fingerprint density at radius 1 is 1.17 bits per heavy atom. The molecule has 0 saturated carbocycles. The van der Waals surface area contributed by atoms with Crippen LogP contribution in [0.25, 0.3) is 33.1 Å². The molecule has 0 bridgehead atoms. The van der Waals surface area contributed by atoms with Crippen molar-refractivity contribution in [3.8, 4) is 16.9 Å². The summed E-state index contributed by atoms with van der Waals surface area (Å²) in [6, 6.07) is 3.45. The number of fused-ring (bicyclic) bond motifs is 3. The SMILES string of the molecule is COc1ccc2c(ncc3nc(C4CCOCC4)n([C@H](C)COC(F)F)c32)c1-c1c(C)noc1C. The fourth-order valence-electron chi connectivity index (χ4n) is 5.08. The Hall–Kier alpha value is -3.11. The summed E-state index contributed by atoms with van der Waals surface area (Å²) in [6.07, 6.45) is 3.36. The van der Waals surface area contributed by atoms with Crippen molar-refractivity contribution in [1.29, 1.82) is 0 Å². The highest BCUT2D eigenvalue weighted by Crippen LogP contribution is 2.42. The van der Waals surface area contributed by atoms with E-state index >= 15 is 0 Å². The molecule has 1 aromatic carbocycles. The smallest absolute Gasteiger partial charge is 0.345 e. The lowest BCUT2D eigenvalue weighted by atomic mass is 9.98. The van der Waals surface area contributed by atoms with E-state index in [9.17, 15) is 8.78 Å². The second-order valence-electron chi connectivity index (χ2n) is 8.90. The fourth-order valence-corrected chi connectivity index (χ4v) is 5.08. The number of aromatic nitrogens is 4. The fraction of sp³-hybridized carbons (Fsp3) is 0.480. The van der Waals surface area contributed by atoms with Crippen molar-refractivity contribution in [1.82, 2.24) is 19.7 Å². The molecular weight excluding hydrogens is 458 g/mol. The Morgan fingerprint density at radius 3 is 2.60 bits per heavy atom. The average molecular weight is 487 g/mol. The monoisotopic (exact) mass is 486 g/mol. The van der Waals surface area contributed by atoms with E-state index < -0.39 is 6.61 Å². The van der Waals surface area contributed by atoms with E-state index in [4.69, 9.17) is 28.7 Å². The topological polar surface area (TPSA) is 84.4 Å². The Morgan fingerprint density at radius 2 is 1.94 bits per heavy atom. The van der Waals surface area contributed by atoms with Gasteiger partial charge in [-0.2, -0.15) is 8.78 Å². The van der Waals surface area contributed by atoms with E-state index in [0.717, 1.165) is 46.4 Å². The lowest BCUT2D eigenvalue weighted by molar-refractivity contribution is -0.135. The van der Waals surface area contributed by atoms with E-state index in [1.54, 1.807) is 13.3 Å². The van der Waals surface area contributed by atoms with Gasteiger partial charge < -0.3 is 23.3 Å². The number of halogens is 2. The minimum atomic E-state index is -2.84. The summed E-state index contributed by atoms with van der Waals surface area (Å²) in [6.45, 7) is 3.90. The maximum Gasteiger partial charge on any atom is 0.345 e. The van der Waals surface area contributed by atoms with Gasteiger partial charge in [-0.25, -0.2) is 4.98 Å². The van der Waals surface area contributed by atoms with Gasteiger partial charge >= 0.3 is 6.61 Å². The van der Waals surface area contributed by atoms with Crippen molar-refractivity contribution in [3.05, 3.63) is 35.6 Å². The Labute approximate surface area is 201 Å². The maximum absolute atomic E-state index is 12.9. The second-order valence-corrected chi connectivity index (χ2v) is 8.90. The van der Waals surface area contributed by atoms with Crippen LogP contribution in [0.2, 0.25) is 0 Å². The van der Waals surface area contributed by atoms with Crippen molar-refractivity contribution in [2.24, 2.45) is 0 Å². The molecule has 0 amide bonds. The number of nitrogens with zero attached hydrogens (tertiary/aromatic N) is 4. The highest BCUT2D eigenvalue weighted by atomic mass is 19.3. The van der Waals surface area contributed by atoms with Crippen LogP contribution >= 0.6 is 0 Å². The van der Waals surface area contributed by atoms with Gasteiger partial charge in [0.1, 0.15) is 22.9 Å². The van der Waals surface area contributed by atoms with Crippen LogP contribution in [0, 0.1) is 13.8 Å². The molecular formula is C25H28F2N4O4. The number of methoxy groups -OCH3 is 1. The van der Waals surface area contributed by atoms with Gasteiger partial charge in [-0.1, -0.05) is 5.16 Å². The van der Waals surface area contributed by atoms with E-state index in [1.807, 2.05) is 37.5 Å². The summed E-state index contributed by atoms with van der Waals surface area (Å²) in [7, 11) is 1.61. The largest absolute Gasteiger partial charge is 0.496 e. The van der Waals surface area contributed by atoms with E-state index in [2.05, 4.69) is 5.16 Å². The molecule has 0 radical (unpaired) electrons. The van der Waals surface area contributed by atoms with Gasteiger partial charge in [0.2, 0.25) is 0 Å². The molecule has 186 valence electrons. The summed E-state index contributed by atoms with van der Waals surface area (Å²) >= 11 is 0. The van der Waals surface area contributed by atoms with Gasteiger partial charge in [0.15, 0.2) is 0 Å². The zero-order valence-corrected chi connectivity index (χ0v) is 20.2. The van der Waals surface area contributed by atoms with Crippen LogP contribution in [0.1, 0.15) is 49.0 Å². The van der Waals surface area contributed by atoms with Gasteiger partial charge in [0, 0.05) is 24.5 Å². The van der Waals surface area contributed by atoms with Crippen LogP contribution in [-0.4, -0.2) is 53.2 Å². The molecule has 10 heteroatoms. The third-order valence-electron chi connectivity index (χ3n) is 6.67. The second kappa shape index (κ2) is 9.50. The predicted octanol–water partition coefficient (Wildman–Crippen LogP) is 5.56. The van der Waals surface area contributed by atoms with Crippen molar-refractivity contribution >= 4 is 21.9 Å². The lowest BCUT2D eigenvalue weighted by Gasteiger charge is -2.25. The van der Waals surface area contributed by atoms with Gasteiger partial charge in [-0.15, -0.1) is 0 Å². The summed E-state index contributed by atoms with van der Waals surface area (Å²) in [5, 5.41) is 4.95. The number of imidazole rings is 1. The van der Waals surface area contributed by atoms with Crippen LogP contribution in [0.5, 0.6) is 5.75 Å². The lowest BCUT2D eigenvalue weighted by Crippen LogP contribution is -2.22. The molecule has 4 aromatic rings. The highest BCUT2D eigenvalue weighted by Gasteiger charge is 2.28. The molecule has 1 saturated heterocycles. The number of aryl methyl sites for hydroxylation is 2. The molecule has 0 spiro atoms. The van der Waals surface area contributed by atoms with E-state index in [0.29, 0.717) is 35.8 Å². The molecule has 1 aliphatic rings. The summed E-state index contributed by atoms with van der Waals surface area (Å²) in [5.74, 6) is 2.30. The molecule has 0 N–H and O–H groups in total. The molecule has 4 heterocycles. The zero-order chi connectivity index (χ0) is 24.7. The van der Waals surface area contributed by atoms with Crippen molar-refractivity contribution < 1.29 is 27.5 Å². The number of hydrogen-bond acceptors (Lipinski definition) is 7. The predicted molar refractivity (Wildman–Crippen MR) is 126 cm³/mol. The first-order chi connectivity index (χ1) is 16.9. The van der Waals surface area contributed by atoms with Crippen LogP contribution in [-0.2, 0) is 9.47 Å². The molecule has 1 fully saturated rings. The van der Waals surface area contributed by atoms with Gasteiger partial charge in [0.05, 0.1) is 53.8 Å². The van der Waals surface area contributed by atoms with Crippen LogP contribution < -0.4 is 4.74 Å². The molecule has 1 aliphatic heterocycles. The average Bonchev–Trinajstić information content (AvgIpc) is 3.42. The number of hydrogen-bond donors (Lipinski definition) is 0. The van der Waals surface area contributed by atoms with Gasteiger partial charge in [-0.05, 0) is 45.7 Å². The standard InChI is InChI=1S/C25H28F2N4O4/c1-13(12-34-25(26)27)31-23-17-5-6-19(32-4)21(20-14(2)30-35-15(20)3)22(17)28-11-18(23)29-24(31)16-7-9-33-10-8-16/h5-6,11,13,16,25H,7-10,12H2,1-4H3/t13-/m1/s1. The number of rotatable bonds is 7. The van der Waals surface area contributed by atoms with Crippen LogP contribution in [0.4, 0.5) is 8.78 Å². The summed E-state index contributed by atoms with van der Waals surface area (Å²) in [5.41, 5.74) is 4.57. The minimum absolute atomic E-state index is 0.143. The summed E-state index contributed by atoms with van der Waals surface area (Å²) in [4.78, 5) is 9.73. The quantitative estimate of drug-likeness (QED) is 0.338. The minimum Gasteiger partial charge on any atom is -0.496 e. The van der Waals surface area contributed by atoms with Crippen LogP contribution in [0.15, 0.2) is 22.9 Å². The van der Waals surface area contributed by atoms with Gasteiger partial charge in [-0.3, -0.25) is 4.98 Å². The van der Waals surface area contributed by atoms with E-state index in [1.165, 1.54) is 0 Å². The Kier molecular flexibility index (Phi) is 6.41. The number of alkyl halides is 2. The Balaban J connectivity index is 1.79. The van der Waals surface area contributed by atoms with Crippen LogP contribution in [0.3, 0.4) is 0 Å². The number of ether oxygens (including phenoxy) is 3.